The lowest BCUT2D eigenvalue weighted by molar-refractivity contribution is -0.139. The first kappa shape index (κ1) is 32.6. The summed E-state index contributed by atoms with van der Waals surface area (Å²) >= 11 is 12.6. The van der Waals surface area contributed by atoms with E-state index in [1.165, 1.54) is 17.0 Å². The van der Waals surface area contributed by atoms with Crippen LogP contribution in [0.1, 0.15) is 50.7 Å². The van der Waals surface area contributed by atoms with Gasteiger partial charge in [-0.3, -0.25) is 13.9 Å². The average Bonchev–Trinajstić information content (AvgIpc) is 3.49. The lowest BCUT2D eigenvalue weighted by Crippen LogP contribution is -2.52. The summed E-state index contributed by atoms with van der Waals surface area (Å²) < 4.78 is 34.6. The highest BCUT2D eigenvalue weighted by Crippen LogP contribution is 2.28. The van der Waals surface area contributed by atoms with Crippen molar-refractivity contribution in [3.05, 3.63) is 87.9 Å². The van der Waals surface area contributed by atoms with Crippen molar-refractivity contribution in [3.8, 4) is 5.75 Å². The molecule has 0 saturated heterocycles. The number of amides is 2. The maximum atomic E-state index is 14.1. The summed E-state index contributed by atoms with van der Waals surface area (Å²) in [5, 5.41) is 3.83. The molecule has 0 aromatic heterocycles. The Morgan fingerprint density at radius 1 is 1.00 bits per heavy atom. The van der Waals surface area contributed by atoms with Gasteiger partial charge in [0, 0.05) is 22.6 Å². The fraction of sp³-hybridized carbons (Fsp3) is 0.375. The van der Waals surface area contributed by atoms with Gasteiger partial charge in [0.15, 0.2) is 0 Å². The Balaban J connectivity index is 1.70. The van der Waals surface area contributed by atoms with Crippen LogP contribution in [-0.4, -0.2) is 50.4 Å². The maximum absolute atomic E-state index is 14.1. The van der Waals surface area contributed by atoms with Crippen molar-refractivity contribution >= 4 is 50.7 Å². The highest BCUT2D eigenvalue weighted by atomic mass is 35.5. The van der Waals surface area contributed by atoms with Crippen LogP contribution < -0.4 is 14.4 Å². The van der Waals surface area contributed by atoms with Crippen LogP contribution in [0.4, 0.5) is 5.69 Å². The predicted octanol–water partition coefficient (Wildman–Crippen LogP) is 6.37. The lowest BCUT2D eigenvalue weighted by Gasteiger charge is -2.32. The first-order chi connectivity index (χ1) is 20.5. The third kappa shape index (κ3) is 8.22. The second-order valence-corrected chi connectivity index (χ2v) is 13.4. The third-order valence-electron chi connectivity index (χ3n) is 7.55. The van der Waals surface area contributed by atoms with Crippen LogP contribution in [0.3, 0.4) is 0 Å². The van der Waals surface area contributed by atoms with Crippen molar-refractivity contribution in [2.45, 2.75) is 70.0 Å². The van der Waals surface area contributed by atoms with Crippen LogP contribution in [0.5, 0.6) is 5.75 Å². The molecule has 43 heavy (non-hydrogen) atoms. The molecule has 1 fully saturated rings. The standard InChI is InChI=1S/C32H37Cl2N3O5S/c1-4-42-28-15-13-27(14-16-28)37(43(40,41)29-17-9-22(2)10-18-29)21-31(38)36(20-24-11-12-25(33)19-30(24)34)23(3)32(39)35-26-7-5-6-8-26/h9-19,23,26H,4-8,20-21H2,1-3H3,(H,35,39)/t23-/m1/s1. The number of halogens is 2. The molecule has 8 nitrogen and oxygen atoms in total. The molecule has 0 unspecified atom stereocenters. The van der Waals surface area contributed by atoms with Gasteiger partial charge in [-0.2, -0.15) is 0 Å². The van der Waals surface area contributed by atoms with Crippen molar-refractivity contribution in [3.63, 3.8) is 0 Å². The van der Waals surface area contributed by atoms with Gasteiger partial charge in [-0.1, -0.05) is 59.8 Å². The number of rotatable bonds is 12. The number of ether oxygens (including phenoxy) is 1. The molecule has 4 rings (SSSR count). The van der Waals surface area contributed by atoms with Crippen LogP contribution >= 0.6 is 23.2 Å². The first-order valence-corrected chi connectivity index (χ1v) is 16.5. The zero-order valence-electron chi connectivity index (χ0n) is 24.6. The molecule has 1 atom stereocenters. The van der Waals surface area contributed by atoms with Crippen LogP contribution in [0.2, 0.25) is 10.0 Å². The van der Waals surface area contributed by atoms with E-state index in [0.29, 0.717) is 28.0 Å². The molecule has 3 aromatic carbocycles. The van der Waals surface area contributed by atoms with E-state index in [9.17, 15) is 18.0 Å². The maximum Gasteiger partial charge on any atom is 0.264 e. The minimum atomic E-state index is -4.17. The molecule has 3 aromatic rings. The number of carbonyl (C=O) groups excluding carboxylic acids is 2. The summed E-state index contributed by atoms with van der Waals surface area (Å²) in [5.74, 6) is -0.300. The van der Waals surface area contributed by atoms with Crippen LogP contribution in [0.25, 0.3) is 0 Å². The quantitative estimate of drug-likeness (QED) is 0.247. The average molecular weight is 647 g/mol. The van der Waals surface area contributed by atoms with Gasteiger partial charge in [-0.25, -0.2) is 8.42 Å². The zero-order valence-corrected chi connectivity index (χ0v) is 26.9. The Labute approximate surface area is 264 Å². The zero-order chi connectivity index (χ0) is 31.1. The van der Waals surface area contributed by atoms with Gasteiger partial charge in [0.05, 0.1) is 17.2 Å². The van der Waals surface area contributed by atoms with Gasteiger partial charge in [0.1, 0.15) is 18.3 Å². The molecule has 0 heterocycles. The van der Waals surface area contributed by atoms with Gasteiger partial charge in [-0.15, -0.1) is 0 Å². The normalized spacial score (nSPS) is 14.3. The smallest absolute Gasteiger partial charge is 0.264 e. The molecular formula is C32H37Cl2N3O5S. The molecule has 11 heteroatoms. The number of carbonyl (C=O) groups is 2. The highest BCUT2D eigenvalue weighted by Gasteiger charge is 2.33. The minimum absolute atomic E-state index is 0.0181. The van der Waals surface area contributed by atoms with Crippen LogP contribution in [-0.2, 0) is 26.2 Å². The van der Waals surface area contributed by atoms with E-state index in [1.54, 1.807) is 61.5 Å². The topological polar surface area (TPSA) is 96.0 Å². The van der Waals surface area contributed by atoms with E-state index in [1.807, 2.05) is 13.8 Å². The lowest BCUT2D eigenvalue weighted by atomic mass is 10.1. The Morgan fingerprint density at radius 3 is 2.26 bits per heavy atom. The fourth-order valence-corrected chi connectivity index (χ4v) is 6.93. The summed E-state index contributed by atoms with van der Waals surface area (Å²) in [7, 11) is -4.17. The van der Waals surface area contributed by atoms with Crippen LogP contribution in [0.15, 0.2) is 71.6 Å². The summed E-state index contributed by atoms with van der Waals surface area (Å²) in [6, 6.07) is 17.0. The van der Waals surface area contributed by atoms with Gasteiger partial charge >= 0.3 is 0 Å². The second kappa shape index (κ2) is 14.5. The Morgan fingerprint density at radius 2 is 1.65 bits per heavy atom. The van der Waals surface area contributed by atoms with Crippen LogP contribution in [0, 0.1) is 6.92 Å². The fourth-order valence-electron chi connectivity index (χ4n) is 5.05. The number of benzene rings is 3. The van der Waals surface area contributed by atoms with E-state index in [4.69, 9.17) is 27.9 Å². The van der Waals surface area contributed by atoms with E-state index in [2.05, 4.69) is 5.32 Å². The molecule has 1 saturated carbocycles. The van der Waals surface area contributed by atoms with Crippen molar-refractivity contribution in [1.29, 1.82) is 0 Å². The second-order valence-electron chi connectivity index (χ2n) is 10.7. The van der Waals surface area contributed by atoms with Gasteiger partial charge in [0.25, 0.3) is 10.0 Å². The van der Waals surface area contributed by atoms with Crippen molar-refractivity contribution in [2.75, 3.05) is 17.5 Å². The number of hydrogen-bond donors (Lipinski definition) is 1. The van der Waals surface area contributed by atoms with E-state index in [-0.39, 0.29) is 29.1 Å². The predicted molar refractivity (Wildman–Crippen MR) is 170 cm³/mol. The van der Waals surface area contributed by atoms with E-state index < -0.39 is 28.5 Å². The summed E-state index contributed by atoms with van der Waals surface area (Å²) in [4.78, 5) is 28.9. The Kier molecular flexibility index (Phi) is 11.0. The molecule has 1 aliphatic carbocycles. The largest absolute Gasteiger partial charge is 0.494 e. The number of nitrogens with zero attached hydrogens (tertiary/aromatic N) is 2. The first-order valence-electron chi connectivity index (χ1n) is 14.4. The van der Waals surface area contributed by atoms with Crippen molar-refractivity contribution in [2.24, 2.45) is 0 Å². The summed E-state index contributed by atoms with van der Waals surface area (Å²) in [6.07, 6.45) is 3.85. The van der Waals surface area contributed by atoms with Gasteiger partial charge < -0.3 is 15.0 Å². The molecule has 0 spiro atoms. The number of sulfonamides is 1. The third-order valence-corrected chi connectivity index (χ3v) is 9.92. The van der Waals surface area contributed by atoms with Crippen molar-refractivity contribution in [1.82, 2.24) is 10.2 Å². The van der Waals surface area contributed by atoms with E-state index >= 15 is 0 Å². The monoisotopic (exact) mass is 645 g/mol. The Hall–Kier alpha value is -3.27. The molecule has 230 valence electrons. The molecule has 2 amide bonds. The van der Waals surface area contributed by atoms with E-state index in [0.717, 1.165) is 35.6 Å². The molecule has 0 radical (unpaired) electrons. The summed E-state index contributed by atoms with van der Waals surface area (Å²) in [5.41, 5.74) is 1.76. The molecule has 0 aliphatic heterocycles. The van der Waals surface area contributed by atoms with Crippen molar-refractivity contribution < 1.29 is 22.7 Å². The highest BCUT2D eigenvalue weighted by molar-refractivity contribution is 7.92. The number of anilines is 1. The minimum Gasteiger partial charge on any atom is -0.494 e. The van der Waals surface area contributed by atoms with Gasteiger partial charge in [0.2, 0.25) is 11.8 Å². The number of hydrogen-bond acceptors (Lipinski definition) is 5. The van der Waals surface area contributed by atoms with Gasteiger partial charge in [-0.05, 0) is 87.7 Å². The molecular weight excluding hydrogens is 609 g/mol. The molecule has 1 aliphatic rings. The SMILES string of the molecule is CCOc1ccc(N(CC(=O)N(Cc2ccc(Cl)cc2Cl)[C@H](C)C(=O)NC2CCCC2)S(=O)(=O)c2ccc(C)cc2)cc1. The number of aryl methyl sites for hydroxylation is 1. The molecule has 0 bridgehead atoms. The number of nitrogens with one attached hydrogen (secondary N) is 1. The summed E-state index contributed by atoms with van der Waals surface area (Å²) in [6.45, 7) is 5.24. The Bertz CT molecular complexity index is 1530. The molecule has 1 N–H and O–H groups in total.